The quantitative estimate of drug-likeness (QED) is 0.522. The van der Waals surface area contributed by atoms with E-state index in [-0.39, 0.29) is 17.2 Å². The first-order valence-corrected chi connectivity index (χ1v) is 11.9. The lowest BCUT2D eigenvalue weighted by molar-refractivity contribution is -0.193. The first-order valence-electron chi connectivity index (χ1n) is 11.0. The van der Waals surface area contributed by atoms with Gasteiger partial charge in [-0.3, -0.25) is 14.5 Å². The van der Waals surface area contributed by atoms with Crippen molar-refractivity contribution in [3.63, 3.8) is 0 Å². The monoisotopic (exact) mass is 578 g/mol. The van der Waals surface area contributed by atoms with E-state index in [0.717, 1.165) is 43.1 Å². The summed E-state index contributed by atoms with van der Waals surface area (Å²) in [5, 5.41) is 17.3. The summed E-state index contributed by atoms with van der Waals surface area (Å²) >= 11 is 1.63. The highest BCUT2D eigenvalue weighted by atomic mass is 32.1. The molecule has 0 aromatic carbocycles. The molecular formula is C21H28F6N4O6S. The van der Waals surface area contributed by atoms with Crippen LogP contribution < -0.4 is 0 Å². The largest absolute Gasteiger partial charge is 0.490 e. The third-order valence-corrected chi connectivity index (χ3v) is 6.44. The fourth-order valence-electron chi connectivity index (χ4n) is 3.79. The number of halogens is 6. The summed E-state index contributed by atoms with van der Waals surface area (Å²) in [7, 11) is 3.56. The van der Waals surface area contributed by atoms with Crippen LogP contribution in [0.3, 0.4) is 0 Å². The standard InChI is InChI=1S/C17H26N4O2S.2C2HF3O2/c1-13-18-14(11-24-13)9-21-8-6-17(16(21)23)5-4-7-20(12-17)10-15(22)19(2)3;2*3-2(4,5)1(6)7/h11H,4-10,12H2,1-3H3;2*(H,6,7). The Morgan fingerprint density at radius 3 is 2.00 bits per heavy atom. The number of hydrogen-bond acceptors (Lipinski definition) is 7. The van der Waals surface area contributed by atoms with Crippen molar-refractivity contribution in [2.75, 3.05) is 40.3 Å². The Bertz CT molecular complexity index is 976. The predicted molar refractivity (Wildman–Crippen MR) is 121 cm³/mol. The molecule has 1 aromatic rings. The van der Waals surface area contributed by atoms with Crippen LogP contribution in [-0.4, -0.2) is 106 Å². The maximum absolute atomic E-state index is 13.0. The van der Waals surface area contributed by atoms with Crippen molar-refractivity contribution in [3.05, 3.63) is 16.1 Å². The zero-order chi connectivity index (χ0) is 29.5. The molecule has 2 N–H and O–H groups in total. The van der Waals surface area contributed by atoms with Gasteiger partial charge in [0, 0.05) is 32.6 Å². The Morgan fingerprint density at radius 1 is 1.05 bits per heavy atom. The van der Waals surface area contributed by atoms with Crippen LogP contribution in [0.15, 0.2) is 5.38 Å². The van der Waals surface area contributed by atoms with E-state index in [1.807, 2.05) is 17.2 Å². The number of nitrogens with zero attached hydrogens (tertiary/aromatic N) is 4. The third kappa shape index (κ3) is 10.1. The molecule has 1 atom stereocenters. The SMILES string of the molecule is Cc1nc(CN2CCC3(CCCN(CC(=O)N(C)C)C3)C2=O)cs1.O=C(O)C(F)(F)F.O=C(O)C(F)(F)F. The van der Waals surface area contributed by atoms with Gasteiger partial charge in [-0.1, -0.05) is 0 Å². The van der Waals surface area contributed by atoms with Crippen LogP contribution in [0.5, 0.6) is 0 Å². The van der Waals surface area contributed by atoms with Crippen molar-refractivity contribution in [3.8, 4) is 0 Å². The summed E-state index contributed by atoms with van der Waals surface area (Å²) in [6.07, 6.45) is -7.36. The minimum absolute atomic E-state index is 0.104. The second kappa shape index (κ2) is 13.2. The van der Waals surface area contributed by atoms with E-state index in [1.54, 1.807) is 30.3 Å². The number of thiazole rings is 1. The van der Waals surface area contributed by atoms with Crippen molar-refractivity contribution in [2.45, 2.75) is 45.1 Å². The van der Waals surface area contributed by atoms with Crippen LogP contribution >= 0.6 is 11.3 Å². The highest BCUT2D eigenvalue weighted by Crippen LogP contribution is 2.40. The Balaban J connectivity index is 0.000000426. The molecule has 2 amide bonds. The fourth-order valence-corrected chi connectivity index (χ4v) is 4.40. The average molecular weight is 579 g/mol. The van der Waals surface area contributed by atoms with Gasteiger partial charge in [-0.25, -0.2) is 14.6 Å². The first-order chi connectivity index (χ1) is 17.3. The number of aryl methyl sites for hydroxylation is 1. The predicted octanol–water partition coefficient (Wildman–Crippen LogP) is 2.62. The average Bonchev–Trinajstić information content (AvgIpc) is 3.32. The van der Waals surface area contributed by atoms with Gasteiger partial charge in [0.25, 0.3) is 0 Å². The van der Waals surface area contributed by atoms with Crippen molar-refractivity contribution < 1.29 is 55.7 Å². The number of carbonyl (C=O) groups excluding carboxylic acids is 2. The number of amides is 2. The second-order valence-corrected chi connectivity index (χ2v) is 9.89. The molecule has 2 aliphatic heterocycles. The molecule has 0 bridgehead atoms. The summed E-state index contributed by atoms with van der Waals surface area (Å²) in [6, 6.07) is 0. The van der Waals surface area contributed by atoms with E-state index in [0.29, 0.717) is 19.6 Å². The summed E-state index contributed by atoms with van der Waals surface area (Å²) in [6.45, 7) is 5.42. The Kier molecular flexibility index (Phi) is 11.5. The van der Waals surface area contributed by atoms with Crippen LogP contribution in [0, 0.1) is 12.3 Å². The summed E-state index contributed by atoms with van der Waals surface area (Å²) in [5.41, 5.74) is 0.689. The van der Waals surface area contributed by atoms with E-state index in [9.17, 15) is 35.9 Å². The van der Waals surface area contributed by atoms with Gasteiger partial charge in [-0.15, -0.1) is 11.3 Å². The molecule has 0 radical (unpaired) electrons. The Labute approximate surface area is 217 Å². The number of carboxylic acids is 2. The lowest BCUT2D eigenvalue weighted by Crippen LogP contribution is -2.50. The zero-order valence-electron chi connectivity index (χ0n) is 20.7. The maximum Gasteiger partial charge on any atom is 0.490 e. The molecule has 2 aliphatic rings. The van der Waals surface area contributed by atoms with Gasteiger partial charge < -0.3 is 20.0 Å². The lowest BCUT2D eigenvalue weighted by Gasteiger charge is -2.39. The highest BCUT2D eigenvalue weighted by Gasteiger charge is 2.49. The number of likely N-dealkylation sites (tertiary alicyclic amines) is 2. The minimum atomic E-state index is -5.08. The van der Waals surface area contributed by atoms with Gasteiger partial charge in [0.1, 0.15) is 0 Å². The van der Waals surface area contributed by atoms with Crippen molar-refractivity contribution in [1.29, 1.82) is 0 Å². The number of carbonyl (C=O) groups is 4. The fraction of sp³-hybridized carbons (Fsp3) is 0.667. The maximum atomic E-state index is 13.0. The molecule has 38 heavy (non-hydrogen) atoms. The van der Waals surface area contributed by atoms with Gasteiger partial charge in [0.05, 0.1) is 29.2 Å². The van der Waals surface area contributed by atoms with Crippen molar-refractivity contribution >= 4 is 35.1 Å². The summed E-state index contributed by atoms with van der Waals surface area (Å²) in [5.74, 6) is -5.16. The lowest BCUT2D eigenvalue weighted by atomic mass is 9.78. The molecule has 1 spiro atoms. The molecule has 3 rings (SSSR count). The highest BCUT2D eigenvalue weighted by molar-refractivity contribution is 7.09. The van der Waals surface area contributed by atoms with Gasteiger partial charge in [0.2, 0.25) is 11.8 Å². The van der Waals surface area contributed by atoms with E-state index < -0.39 is 24.3 Å². The number of likely N-dealkylation sites (N-methyl/N-ethyl adjacent to an activating group) is 1. The number of alkyl halides is 6. The molecule has 2 saturated heterocycles. The molecule has 216 valence electrons. The van der Waals surface area contributed by atoms with Crippen molar-refractivity contribution in [1.82, 2.24) is 19.7 Å². The van der Waals surface area contributed by atoms with Crippen LogP contribution in [0.1, 0.15) is 30.0 Å². The molecule has 17 heteroatoms. The van der Waals surface area contributed by atoms with Gasteiger partial charge >= 0.3 is 24.3 Å². The van der Waals surface area contributed by atoms with Gasteiger partial charge in [-0.2, -0.15) is 26.3 Å². The van der Waals surface area contributed by atoms with Gasteiger partial charge in [0.15, 0.2) is 0 Å². The number of aliphatic carboxylic acids is 2. The molecule has 10 nitrogen and oxygen atoms in total. The number of aromatic nitrogens is 1. The Hall–Kier alpha value is -2.95. The van der Waals surface area contributed by atoms with Crippen LogP contribution in [0.2, 0.25) is 0 Å². The minimum Gasteiger partial charge on any atom is -0.475 e. The topological polar surface area (TPSA) is 131 Å². The first kappa shape index (κ1) is 33.1. The Morgan fingerprint density at radius 2 is 1.58 bits per heavy atom. The zero-order valence-corrected chi connectivity index (χ0v) is 21.5. The smallest absolute Gasteiger partial charge is 0.475 e. The molecular weight excluding hydrogens is 550 g/mol. The molecule has 2 fully saturated rings. The number of piperidine rings is 1. The normalized spacial score (nSPS) is 19.8. The van der Waals surface area contributed by atoms with E-state index >= 15 is 0 Å². The van der Waals surface area contributed by atoms with E-state index in [1.165, 1.54) is 0 Å². The number of rotatable bonds is 4. The van der Waals surface area contributed by atoms with Crippen LogP contribution in [0.25, 0.3) is 0 Å². The summed E-state index contributed by atoms with van der Waals surface area (Å²) in [4.78, 5) is 53.0. The van der Waals surface area contributed by atoms with E-state index in [2.05, 4.69) is 9.88 Å². The molecule has 0 saturated carbocycles. The number of carboxylic acid groups (broad SMARTS) is 2. The third-order valence-electron chi connectivity index (χ3n) is 5.62. The molecule has 1 unspecified atom stereocenters. The molecule has 3 heterocycles. The van der Waals surface area contributed by atoms with Crippen molar-refractivity contribution in [2.24, 2.45) is 5.41 Å². The van der Waals surface area contributed by atoms with Gasteiger partial charge in [-0.05, 0) is 32.7 Å². The number of hydrogen-bond donors (Lipinski definition) is 2. The molecule has 1 aromatic heterocycles. The van der Waals surface area contributed by atoms with Crippen LogP contribution in [-0.2, 0) is 25.7 Å². The van der Waals surface area contributed by atoms with Crippen LogP contribution in [0.4, 0.5) is 26.3 Å². The van der Waals surface area contributed by atoms with E-state index in [4.69, 9.17) is 19.8 Å². The second-order valence-electron chi connectivity index (χ2n) is 8.82. The molecule has 0 aliphatic carbocycles. The summed E-state index contributed by atoms with van der Waals surface area (Å²) < 4.78 is 63.5.